The van der Waals surface area contributed by atoms with E-state index in [4.69, 9.17) is 11.6 Å². The first-order valence-electron chi connectivity index (χ1n) is 4.35. The Morgan fingerprint density at radius 2 is 1.67 bits per heavy atom. The van der Waals surface area contributed by atoms with Gasteiger partial charge in [0, 0.05) is 5.02 Å². The van der Waals surface area contributed by atoms with Crippen molar-refractivity contribution in [3.63, 3.8) is 0 Å². The number of aryl methyl sites for hydroxylation is 1. The second kappa shape index (κ2) is 6.07. The Labute approximate surface area is 80.6 Å². The van der Waals surface area contributed by atoms with Crippen LogP contribution in [0.25, 0.3) is 0 Å². The number of hydrogen-bond acceptors (Lipinski definition) is 0. The molecule has 0 aliphatic rings. The SMILES string of the molecule is CCC.Cc1cccc(Cl)c1C. The van der Waals surface area contributed by atoms with Gasteiger partial charge in [-0.1, -0.05) is 44.0 Å². The fourth-order valence-electron chi connectivity index (χ4n) is 0.715. The predicted molar refractivity (Wildman–Crippen MR) is 56.9 cm³/mol. The minimum atomic E-state index is 0.856. The minimum absolute atomic E-state index is 0.856. The average Bonchev–Trinajstić information content (AvgIpc) is 2.02. The molecule has 0 saturated heterocycles. The lowest BCUT2D eigenvalue weighted by molar-refractivity contribution is 1.09. The van der Waals surface area contributed by atoms with Gasteiger partial charge < -0.3 is 0 Å². The van der Waals surface area contributed by atoms with E-state index < -0.39 is 0 Å². The van der Waals surface area contributed by atoms with Gasteiger partial charge in [-0.15, -0.1) is 0 Å². The van der Waals surface area contributed by atoms with Crippen LogP contribution in [-0.4, -0.2) is 0 Å². The third-order valence-corrected chi connectivity index (χ3v) is 1.95. The van der Waals surface area contributed by atoms with Crippen molar-refractivity contribution in [2.24, 2.45) is 0 Å². The Morgan fingerprint density at radius 3 is 2.00 bits per heavy atom. The quantitative estimate of drug-likeness (QED) is 0.562. The van der Waals surface area contributed by atoms with Gasteiger partial charge in [-0.3, -0.25) is 0 Å². The third-order valence-electron chi connectivity index (χ3n) is 1.54. The summed E-state index contributed by atoms with van der Waals surface area (Å²) in [7, 11) is 0. The summed E-state index contributed by atoms with van der Waals surface area (Å²) in [6.45, 7) is 8.33. The molecule has 0 heterocycles. The van der Waals surface area contributed by atoms with Crippen LogP contribution < -0.4 is 0 Å². The van der Waals surface area contributed by atoms with E-state index in [0.29, 0.717) is 0 Å². The summed E-state index contributed by atoms with van der Waals surface area (Å²) in [5.41, 5.74) is 2.43. The van der Waals surface area contributed by atoms with Crippen molar-refractivity contribution in [3.8, 4) is 0 Å². The van der Waals surface area contributed by atoms with Crippen LogP contribution in [0.1, 0.15) is 31.4 Å². The second-order valence-corrected chi connectivity index (χ2v) is 3.30. The Hall–Kier alpha value is -0.490. The third kappa shape index (κ3) is 3.77. The zero-order valence-corrected chi connectivity index (χ0v) is 9.07. The number of halogens is 1. The molecule has 1 heteroatoms. The van der Waals surface area contributed by atoms with Crippen molar-refractivity contribution in [1.82, 2.24) is 0 Å². The molecule has 0 aliphatic carbocycles. The number of rotatable bonds is 0. The first-order chi connectivity index (χ1) is 5.63. The summed E-state index contributed by atoms with van der Waals surface area (Å²) in [5.74, 6) is 0. The molecule has 0 spiro atoms. The summed E-state index contributed by atoms with van der Waals surface area (Å²) in [6, 6.07) is 5.93. The molecular weight excluding hydrogens is 168 g/mol. The molecule has 0 saturated carbocycles. The van der Waals surface area contributed by atoms with E-state index in [1.807, 2.05) is 19.1 Å². The highest BCUT2D eigenvalue weighted by atomic mass is 35.5. The largest absolute Gasteiger partial charge is 0.0840 e. The van der Waals surface area contributed by atoms with E-state index in [1.54, 1.807) is 0 Å². The van der Waals surface area contributed by atoms with E-state index in [0.717, 1.165) is 5.02 Å². The fraction of sp³-hybridized carbons (Fsp3) is 0.455. The van der Waals surface area contributed by atoms with Crippen LogP contribution in [0.15, 0.2) is 18.2 Å². The maximum Gasteiger partial charge on any atom is 0.0437 e. The Balaban J connectivity index is 0.000000354. The van der Waals surface area contributed by atoms with E-state index >= 15 is 0 Å². The molecule has 0 aromatic heterocycles. The fourth-order valence-corrected chi connectivity index (χ4v) is 0.937. The topological polar surface area (TPSA) is 0 Å². The Bertz CT molecular complexity index is 208. The molecule has 0 aliphatic heterocycles. The van der Waals surface area contributed by atoms with Crippen LogP contribution in [0.4, 0.5) is 0 Å². The van der Waals surface area contributed by atoms with Crippen molar-refractivity contribution in [2.75, 3.05) is 0 Å². The van der Waals surface area contributed by atoms with Gasteiger partial charge in [0.25, 0.3) is 0 Å². The Kier molecular flexibility index (Phi) is 5.83. The highest BCUT2D eigenvalue weighted by molar-refractivity contribution is 6.31. The lowest BCUT2D eigenvalue weighted by Crippen LogP contribution is -1.78. The molecule has 12 heavy (non-hydrogen) atoms. The van der Waals surface area contributed by atoms with Gasteiger partial charge in [0.15, 0.2) is 0 Å². The minimum Gasteiger partial charge on any atom is -0.0840 e. The van der Waals surface area contributed by atoms with Crippen LogP contribution in [0.3, 0.4) is 0 Å². The molecule has 0 fully saturated rings. The smallest absolute Gasteiger partial charge is 0.0437 e. The average molecular weight is 185 g/mol. The zero-order chi connectivity index (χ0) is 9.56. The lowest BCUT2D eigenvalue weighted by Gasteiger charge is -1.98. The van der Waals surface area contributed by atoms with Crippen LogP contribution in [0.5, 0.6) is 0 Å². The molecule has 1 aromatic carbocycles. The van der Waals surface area contributed by atoms with E-state index in [9.17, 15) is 0 Å². The van der Waals surface area contributed by atoms with Gasteiger partial charge in [0.05, 0.1) is 0 Å². The maximum absolute atomic E-state index is 5.81. The molecule has 0 nitrogen and oxygen atoms in total. The van der Waals surface area contributed by atoms with Gasteiger partial charge in [0.2, 0.25) is 0 Å². The molecule has 1 aromatic rings. The monoisotopic (exact) mass is 184 g/mol. The normalized spacial score (nSPS) is 8.75. The first kappa shape index (κ1) is 11.5. The van der Waals surface area contributed by atoms with Crippen LogP contribution >= 0.6 is 11.6 Å². The second-order valence-electron chi connectivity index (χ2n) is 2.89. The van der Waals surface area contributed by atoms with E-state index in [2.05, 4.69) is 26.8 Å². The standard InChI is InChI=1S/C8H9Cl.C3H8/c1-6-4-3-5-8(9)7(6)2;1-3-2/h3-5H,1-2H3;3H2,1-2H3. The van der Waals surface area contributed by atoms with Gasteiger partial charge >= 0.3 is 0 Å². The summed E-state index contributed by atoms with van der Waals surface area (Å²) >= 11 is 5.81. The summed E-state index contributed by atoms with van der Waals surface area (Å²) < 4.78 is 0. The van der Waals surface area contributed by atoms with Crippen LogP contribution in [-0.2, 0) is 0 Å². The first-order valence-corrected chi connectivity index (χ1v) is 4.73. The summed E-state index contributed by atoms with van der Waals surface area (Å²) in [6.07, 6.45) is 1.25. The van der Waals surface area contributed by atoms with Crippen molar-refractivity contribution < 1.29 is 0 Å². The highest BCUT2D eigenvalue weighted by Crippen LogP contribution is 2.16. The summed E-state index contributed by atoms with van der Waals surface area (Å²) in [4.78, 5) is 0. The van der Waals surface area contributed by atoms with Crippen molar-refractivity contribution in [2.45, 2.75) is 34.1 Å². The number of hydrogen-bond donors (Lipinski definition) is 0. The molecule has 0 atom stereocenters. The van der Waals surface area contributed by atoms with Crippen LogP contribution in [0, 0.1) is 13.8 Å². The van der Waals surface area contributed by atoms with E-state index in [1.165, 1.54) is 17.5 Å². The van der Waals surface area contributed by atoms with Crippen molar-refractivity contribution in [3.05, 3.63) is 34.3 Å². The molecule has 0 N–H and O–H groups in total. The molecule has 0 radical (unpaired) electrons. The zero-order valence-electron chi connectivity index (χ0n) is 8.32. The Morgan fingerprint density at radius 1 is 1.17 bits per heavy atom. The molecule has 68 valence electrons. The number of benzene rings is 1. The highest BCUT2D eigenvalue weighted by Gasteiger charge is 1.93. The van der Waals surface area contributed by atoms with Crippen LogP contribution in [0.2, 0.25) is 5.02 Å². The summed E-state index contributed by atoms with van der Waals surface area (Å²) in [5, 5.41) is 0.856. The maximum atomic E-state index is 5.81. The van der Waals surface area contributed by atoms with Gasteiger partial charge in [-0.05, 0) is 31.0 Å². The van der Waals surface area contributed by atoms with E-state index in [-0.39, 0.29) is 0 Å². The molecular formula is C11H17Cl. The van der Waals surface area contributed by atoms with Gasteiger partial charge in [-0.2, -0.15) is 0 Å². The van der Waals surface area contributed by atoms with Gasteiger partial charge in [0.1, 0.15) is 0 Å². The molecule has 0 unspecified atom stereocenters. The lowest BCUT2D eigenvalue weighted by atomic mass is 10.1. The van der Waals surface area contributed by atoms with Crippen molar-refractivity contribution in [1.29, 1.82) is 0 Å². The molecule has 0 bridgehead atoms. The molecule has 0 amide bonds. The molecule has 1 rings (SSSR count). The van der Waals surface area contributed by atoms with Gasteiger partial charge in [-0.25, -0.2) is 0 Å². The predicted octanol–water partition coefficient (Wildman–Crippen LogP) is 4.37. The van der Waals surface area contributed by atoms with Crippen molar-refractivity contribution >= 4 is 11.6 Å².